The average molecular weight is 874 g/mol. The van der Waals surface area contributed by atoms with Crippen LogP contribution in [0, 0.1) is 5.92 Å². The molecule has 3 N–H and O–H groups in total. The summed E-state index contributed by atoms with van der Waals surface area (Å²) in [6.07, 6.45) is 6.80. The predicted octanol–water partition coefficient (Wildman–Crippen LogP) is 11.0. The van der Waals surface area contributed by atoms with Gasteiger partial charge in [0.05, 0.1) is 31.7 Å². The number of allylic oxidation sites excluding steroid dienone is 2. The molecule has 2 atom stereocenters. The van der Waals surface area contributed by atoms with Crippen LogP contribution in [0.2, 0.25) is 0 Å². The molecule has 0 saturated heterocycles. The van der Waals surface area contributed by atoms with E-state index in [4.69, 9.17) is 14.2 Å². The Morgan fingerprint density at radius 2 is 1.28 bits per heavy atom. The van der Waals surface area contributed by atoms with Gasteiger partial charge in [-0.05, 0) is 104 Å². The van der Waals surface area contributed by atoms with E-state index in [-0.39, 0.29) is 23.2 Å². The van der Waals surface area contributed by atoms with Crippen LogP contribution in [-0.2, 0) is 26.0 Å². The van der Waals surface area contributed by atoms with E-state index in [1.165, 1.54) is 11.1 Å². The molecule has 65 heavy (non-hydrogen) atoms. The Balaban J connectivity index is 1.04. The molecule has 5 aromatic rings. The van der Waals surface area contributed by atoms with E-state index < -0.39 is 17.6 Å². The number of ketones is 1. The largest absolute Gasteiger partial charge is 0.497 e. The lowest BCUT2D eigenvalue weighted by Gasteiger charge is -2.38. The van der Waals surface area contributed by atoms with Gasteiger partial charge in [-0.2, -0.15) is 4.58 Å². The number of benzene rings is 5. The summed E-state index contributed by atoms with van der Waals surface area (Å²) in [5, 5.41) is 25.3. The summed E-state index contributed by atoms with van der Waals surface area (Å²) in [5.41, 5.74) is 9.52. The zero-order valence-electron chi connectivity index (χ0n) is 38.9. The van der Waals surface area contributed by atoms with E-state index >= 15 is 0 Å². The van der Waals surface area contributed by atoms with Crippen molar-refractivity contribution in [2.24, 2.45) is 5.92 Å². The lowest BCUT2D eigenvalue weighted by atomic mass is 9.66. The third-order valence-electron chi connectivity index (χ3n) is 14.1. The molecule has 0 spiro atoms. The molecule has 0 amide bonds. The van der Waals surface area contributed by atoms with Crippen LogP contribution in [0.5, 0.6) is 11.5 Å². The molecule has 1 saturated carbocycles. The van der Waals surface area contributed by atoms with Gasteiger partial charge in [0.25, 0.3) is 0 Å². The third-order valence-corrected chi connectivity index (χ3v) is 14.1. The number of carbonyl (C=O) groups excluding carboxylic acids is 1. The fourth-order valence-electron chi connectivity index (χ4n) is 10.5. The minimum absolute atomic E-state index is 0.0114. The lowest BCUT2D eigenvalue weighted by Crippen LogP contribution is -2.48. The molecule has 1 fully saturated rings. The second-order valence-corrected chi connectivity index (χ2v) is 18.7. The van der Waals surface area contributed by atoms with Crippen LogP contribution < -0.4 is 14.8 Å². The highest BCUT2D eigenvalue weighted by atomic mass is 16.5. The number of rotatable bonds is 19. The molecule has 2 aliphatic heterocycles. The van der Waals surface area contributed by atoms with Crippen molar-refractivity contribution in [2.45, 2.75) is 95.2 Å². The second kappa shape index (κ2) is 19.4. The molecular weight excluding hydrogens is 809 g/mol. The number of unbranched alkanes of at least 4 members (excludes halogenated alkanes) is 4. The summed E-state index contributed by atoms with van der Waals surface area (Å²) in [7, 11) is 3.36. The Kier molecular flexibility index (Phi) is 13.6. The summed E-state index contributed by atoms with van der Waals surface area (Å²) in [4.78, 5) is 14.5. The first-order valence-electron chi connectivity index (χ1n) is 23.3. The highest BCUT2D eigenvalue weighted by Crippen LogP contribution is 2.50. The number of fused-ring (bicyclic) bond motifs is 2. The van der Waals surface area contributed by atoms with Gasteiger partial charge in [-0.25, -0.2) is 0 Å². The predicted molar refractivity (Wildman–Crippen MR) is 260 cm³/mol. The van der Waals surface area contributed by atoms with Crippen LogP contribution >= 0.6 is 0 Å². The molecule has 8 nitrogen and oxygen atoms in total. The van der Waals surface area contributed by atoms with Gasteiger partial charge in [-0.1, -0.05) is 111 Å². The van der Waals surface area contributed by atoms with Crippen LogP contribution in [0.3, 0.4) is 0 Å². The summed E-state index contributed by atoms with van der Waals surface area (Å²) in [5.74, 6) is 0.932. The smallest absolute Gasteiger partial charge is 0.209 e. The molecule has 0 aromatic heterocycles. The maximum Gasteiger partial charge on any atom is 0.209 e. The zero-order chi connectivity index (χ0) is 45.8. The van der Waals surface area contributed by atoms with Crippen molar-refractivity contribution < 1.29 is 33.8 Å². The number of para-hydroxylation sites is 2. The average Bonchev–Trinajstić information content (AvgIpc) is 3.73. The van der Waals surface area contributed by atoms with Crippen molar-refractivity contribution in [2.75, 3.05) is 39.3 Å². The number of ether oxygens (including phenoxy) is 3. The molecule has 0 radical (unpaired) electrons. The van der Waals surface area contributed by atoms with E-state index in [1.54, 1.807) is 14.2 Å². The SMILES string of the molecule is COc1ccc(C(OCCCCC[N+]2=C(C=C3C(=O)C(C(CCCCCO)=C4Nc5ccccc5C4(C)C)C3O)C(C)(C)c3ccccc32)(c2ccccc2)c2ccc(OC)cc2)cc1. The second-order valence-electron chi connectivity index (χ2n) is 18.7. The number of aliphatic hydroxyl groups excluding tert-OH is 2. The molecule has 8 rings (SSSR count). The number of hydrogen-bond donors (Lipinski definition) is 3. The van der Waals surface area contributed by atoms with Crippen LogP contribution in [0.1, 0.15) is 100 Å². The van der Waals surface area contributed by atoms with Gasteiger partial charge >= 0.3 is 0 Å². The summed E-state index contributed by atoms with van der Waals surface area (Å²) >= 11 is 0. The minimum Gasteiger partial charge on any atom is -0.497 e. The zero-order valence-corrected chi connectivity index (χ0v) is 38.9. The van der Waals surface area contributed by atoms with Gasteiger partial charge in [0.15, 0.2) is 11.5 Å². The Hall–Kier alpha value is -5.80. The van der Waals surface area contributed by atoms with Gasteiger partial charge in [0, 0.05) is 59.7 Å². The molecule has 0 bridgehead atoms. The van der Waals surface area contributed by atoms with Crippen molar-refractivity contribution in [3.05, 3.63) is 178 Å². The standard InChI is InChI=1S/C57H65N2O6/c1-55(2)47-24-14-16-26-49(47)59(50(55)38-45-52(61)51(53(45)62)44(22-12-8-18-36-60)54-56(3,4)46-23-13-15-25-48(46)58-54)35-17-9-19-37-65-57(39-20-10-7-11-21-39,40-27-31-42(63-5)32-28-40)41-29-33-43(64-6)34-30-41/h7,10-11,13-16,20-21,23-34,38,51-52,58,60-61H,8-9,12,17-19,22,35-37H2,1-6H3/q+1. The number of aliphatic hydroxyl groups is 2. The first-order valence-corrected chi connectivity index (χ1v) is 23.3. The van der Waals surface area contributed by atoms with Crippen molar-refractivity contribution in [3.8, 4) is 11.5 Å². The van der Waals surface area contributed by atoms with Gasteiger partial charge in [0.2, 0.25) is 5.69 Å². The van der Waals surface area contributed by atoms with Gasteiger partial charge < -0.3 is 29.7 Å². The fourth-order valence-corrected chi connectivity index (χ4v) is 10.5. The highest BCUT2D eigenvalue weighted by Gasteiger charge is 2.52. The normalized spacial score (nSPS) is 19.7. The number of nitrogens with zero attached hydrogens (tertiary/aromatic N) is 1. The number of carbonyl (C=O) groups is 1. The van der Waals surface area contributed by atoms with Gasteiger partial charge in [-0.15, -0.1) is 0 Å². The Labute approximate surface area is 385 Å². The van der Waals surface area contributed by atoms with Crippen molar-refractivity contribution in [1.82, 2.24) is 0 Å². The number of methoxy groups -OCH3 is 2. The van der Waals surface area contributed by atoms with E-state index in [0.29, 0.717) is 25.0 Å². The first kappa shape index (κ1) is 45.8. The summed E-state index contributed by atoms with van der Waals surface area (Å²) in [6, 6.07) is 43.5. The number of nitrogens with one attached hydrogen (secondary N) is 1. The number of anilines is 1. The maximum absolute atomic E-state index is 14.5. The van der Waals surface area contributed by atoms with Gasteiger partial charge in [0.1, 0.15) is 23.6 Å². The Bertz CT molecular complexity index is 2520. The molecule has 2 unspecified atom stereocenters. The van der Waals surface area contributed by atoms with Crippen LogP contribution in [0.15, 0.2) is 150 Å². The van der Waals surface area contributed by atoms with E-state index in [1.807, 2.05) is 42.5 Å². The van der Waals surface area contributed by atoms with Crippen molar-refractivity contribution >= 4 is 22.9 Å². The van der Waals surface area contributed by atoms with E-state index in [2.05, 4.69) is 129 Å². The van der Waals surface area contributed by atoms with Crippen LogP contribution in [0.4, 0.5) is 11.4 Å². The topological polar surface area (TPSA) is 100 Å². The van der Waals surface area contributed by atoms with Crippen molar-refractivity contribution in [3.63, 3.8) is 0 Å². The van der Waals surface area contributed by atoms with E-state index in [0.717, 1.165) is 95.2 Å². The number of Topliss-reactive ketones (excluding diaryl/α,β-unsaturated/α-hetero) is 1. The third kappa shape index (κ3) is 8.60. The molecule has 1 aliphatic carbocycles. The molecule has 3 aliphatic rings. The molecule has 338 valence electrons. The summed E-state index contributed by atoms with van der Waals surface area (Å²) in [6.45, 7) is 10.2. The highest BCUT2D eigenvalue weighted by molar-refractivity contribution is 6.14. The van der Waals surface area contributed by atoms with Gasteiger partial charge in [-0.3, -0.25) is 4.79 Å². The fraction of sp³-hybridized carbons (Fsp3) is 0.368. The first-order chi connectivity index (χ1) is 31.5. The quantitative estimate of drug-likeness (QED) is 0.0329. The molecular formula is C57H65N2O6+. The minimum atomic E-state index is -0.920. The van der Waals surface area contributed by atoms with Crippen molar-refractivity contribution in [1.29, 1.82) is 0 Å². The van der Waals surface area contributed by atoms with Crippen LogP contribution in [0.25, 0.3) is 0 Å². The number of hydrogen-bond acceptors (Lipinski definition) is 7. The maximum atomic E-state index is 14.5. The Morgan fingerprint density at radius 1 is 0.692 bits per heavy atom. The molecule has 8 heteroatoms. The Morgan fingerprint density at radius 3 is 1.89 bits per heavy atom. The monoisotopic (exact) mass is 873 g/mol. The summed E-state index contributed by atoms with van der Waals surface area (Å²) < 4.78 is 20.6. The molecule has 5 aromatic carbocycles. The lowest BCUT2D eigenvalue weighted by molar-refractivity contribution is -0.438. The van der Waals surface area contributed by atoms with Crippen LogP contribution in [-0.4, -0.2) is 66.4 Å². The van der Waals surface area contributed by atoms with E-state index in [9.17, 15) is 15.0 Å². The molecule has 2 heterocycles.